The Morgan fingerprint density at radius 2 is 1.82 bits per heavy atom. The largest absolute Gasteiger partial charge is 0.497 e. The van der Waals surface area contributed by atoms with Gasteiger partial charge < -0.3 is 19.7 Å². The van der Waals surface area contributed by atoms with Crippen molar-refractivity contribution in [2.24, 2.45) is 0 Å². The summed E-state index contributed by atoms with van der Waals surface area (Å²) in [7, 11) is 1.66. The minimum absolute atomic E-state index is 0.128. The second kappa shape index (κ2) is 9.39. The predicted octanol–water partition coefficient (Wildman–Crippen LogP) is 4.55. The van der Waals surface area contributed by atoms with Gasteiger partial charge in [-0.05, 0) is 56.2 Å². The van der Waals surface area contributed by atoms with Crippen molar-refractivity contribution in [2.45, 2.75) is 31.9 Å². The first kappa shape index (κ1) is 20.6. The Morgan fingerprint density at radius 1 is 1.14 bits per heavy atom. The first-order valence-corrected chi connectivity index (χ1v) is 10.0. The van der Waals surface area contributed by atoms with Crippen molar-refractivity contribution >= 4 is 34.8 Å². The molecule has 0 saturated carbocycles. The molecular formula is C21H24Cl2N2O3. The zero-order valence-corrected chi connectivity index (χ0v) is 17.5. The topological polar surface area (TPSA) is 50.8 Å². The van der Waals surface area contributed by atoms with Gasteiger partial charge in [0, 0.05) is 24.8 Å². The monoisotopic (exact) mass is 422 g/mol. The van der Waals surface area contributed by atoms with Gasteiger partial charge >= 0.3 is 0 Å². The second-order valence-corrected chi connectivity index (χ2v) is 7.57. The number of benzene rings is 2. The fourth-order valence-corrected chi connectivity index (χ4v) is 3.55. The maximum atomic E-state index is 12.5. The predicted molar refractivity (Wildman–Crippen MR) is 113 cm³/mol. The lowest BCUT2D eigenvalue weighted by molar-refractivity contribution is -0.128. The maximum absolute atomic E-state index is 12.5. The number of halogens is 2. The highest BCUT2D eigenvalue weighted by Crippen LogP contribution is 2.32. The molecule has 0 radical (unpaired) electrons. The van der Waals surface area contributed by atoms with Crippen LogP contribution in [0, 0.1) is 0 Å². The number of piperidine rings is 1. The zero-order valence-electron chi connectivity index (χ0n) is 16.0. The lowest BCUT2D eigenvalue weighted by Gasteiger charge is -2.34. The third-order valence-corrected chi connectivity index (χ3v) is 5.67. The molecule has 1 atom stereocenters. The van der Waals surface area contributed by atoms with Gasteiger partial charge in [0.05, 0.1) is 12.1 Å². The summed E-state index contributed by atoms with van der Waals surface area (Å²) < 4.78 is 10.9. The van der Waals surface area contributed by atoms with Crippen molar-refractivity contribution in [3.8, 4) is 11.5 Å². The van der Waals surface area contributed by atoms with E-state index in [4.69, 9.17) is 32.7 Å². The maximum Gasteiger partial charge on any atom is 0.260 e. The number of carbonyl (C=O) groups is 1. The number of rotatable bonds is 6. The molecule has 1 heterocycles. The molecule has 1 N–H and O–H groups in total. The van der Waals surface area contributed by atoms with Crippen molar-refractivity contribution < 1.29 is 14.3 Å². The summed E-state index contributed by atoms with van der Waals surface area (Å²) in [4.78, 5) is 14.8. The van der Waals surface area contributed by atoms with E-state index in [1.54, 1.807) is 32.2 Å². The molecule has 1 aliphatic heterocycles. The van der Waals surface area contributed by atoms with E-state index < -0.39 is 6.10 Å². The molecule has 0 aromatic heterocycles. The van der Waals surface area contributed by atoms with Crippen LogP contribution in [0.1, 0.15) is 19.8 Å². The molecule has 1 aliphatic rings. The van der Waals surface area contributed by atoms with Crippen LogP contribution in [-0.2, 0) is 4.79 Å². The smallest absolute Gasteiger partial charge is 0.260 e. The number of carbonyl (C=O) groups excluding carboxylic acids is 1. The van der Waals surface area contributed by atoms with Crippen LogP contribution in [0.25, 0.3) is 0 Å². The molecule has 0 aliphatic carbocycles. The number of methoxy groups -OCH3 is 1. The number of anilines is 1. The van der Waals surface area contributed by atoms with Crippen LogP contribution in [0.15, 0.2) is 42.5 Å². The molecule has 1 amide bonds. The standard InChI is InChI=1S/C21H24Cl2N2O3/c1-14(28-19-5-3-4-18(22)20(19)23)21(26)24-15-10-12-25(13-11-15)16-6-8-17(27-2)9-7-16/h3-9,14-15H,10-13H2,1-2H3,(H,24,26). The molecule has 2 aromatic rings. The van der Waals surface area contributed by atoms with Crippen LogP contribution in [-0.4, -0.2) is 38.3 Å². The average molecular weight is 423 g/mol. The third-order valence-electron chi connectivity index (χ3n) is 4.87. The fraction of sp³-hybridized carbons (Fsp3) is 0.381. The van der Waals surface area contributed by atoms with Crippen LogP contribution < -0.4 is 19.7 Å². The summed E-state index contributed by atoms with van der Waals surface area (Å²) in [6.07, 6.45) is 1.10. The molecule has 1 saturated heterocycles. The number of hydrogen-bond donors (Lipinski definition) is 1. The van der Waals surface area contributed by atoms with Gasteiger partial charge in [-0.2, -0.15) is 0 Å². The molecule has 0 spiro atoms. The van der Waals surface area contributed by atoms with Gasteiger partial charge in [0.25, 0.3) is 5.91 Å². The summed E-state index contributed by atoms with van der Waals surface area (Å²) >= 11 is 12.1. The van der Waals surface area contributed by atoms with Crippen molar-refractivity contribution in [3.63, 3.8) is 0 Å². The number of amides is 1. The molecule has 28 heavy (non-hydrogen) atoms. The molecule has 5 nitrogen and oxygen atoms in total. The van der Waals surface area contributed by atoms with Crippen molar-refractivity contribution in [2.75, 3.05) is 25.1 Å². The Hall–Kier alpha value is -2.11. The van der Waals surface area contributed by atoms with Gasteiger partial charge in [0.2, 0.25) is 0 Å². The molecule has 150 valence electrons. The molecule has 7 heteroatoms. The van der Waals surface area contributed by atoms with Crippen LogP contribution in [0.3, 0.4) is 0 Å². The number of ether oxygens (including phenoxy) is 2. The molecule has 2 aromatic carbocycles. The van der Waals surface area contributed by atoms with E-state index in [-0.39, 0.29) is 11.9 Å². The normalized spacial score (nSPS) is 15.8. The number of nitrogens with one attached hydrogen (secondary N) is 1. The van der Waals surface area contributed by atoms with Crippen LogP contribution >= 0.6 is 23.2 Å². The summed E-state index contributed by atoms with van der Waals surface area (Å²) in [5.74, 6) is 1.10. The Labute approximate surface area is 175 Å². The fourth-order valence-electron chi connectivity index (χ4n) is 3.21. The number of hydrogen-bond acceptors (Lipinski definition) is 4. The van der Waals surface area contributed by atoms with Gasteiger partial charge in [-0.1, -0.05) is 29.3 Å². The Bertz CT molecular complexity index is 806. The lowest BCUT2D eigenvalue weighted by atomic mass is 10.0. The Balaban J connectivity index is 1.49. The van der Waals surface area contributed by atoms with Crippen LogP contribution in [0.5, 0.6) is 11.5 Å². The van der Waals surface area contributed by atoms with E-state index in [0.717, 1.165) is 37.4 Å². The molecular weight excluding hydrogens is 399 g/mol. The Morgan fingerprint density at radius 3 is 2.46 bits per heavy atom. The SMILES string of the molecule is COc1ccc(N2CCC(NC(=O)C(C)Oc3cccc(Cl)c3Cl)CC2)cc1. The quantitative estimate of drug-likeness (QED) is 0.741. The lowest BCUT2D eigenvalue weighted by Crippen LogP contribution is -2.48. The summed E-state index contributed by atoms with van der Waals surface area (Å²) in [5, 5.41) is 3.79. The van der Waals surface area contributed by atoms with Crippen molar-refractivity contribution in [3.05, 3.63) is 52.5 Å². The summed E-state index contributed by atoms with van der Waals surface area (Å²) in [6, 6.07) is 13.3. The van der Waals surface area contributed by atoms with Crippen molar-refractivity contribution in [1.82, 2.24) is 5.32 Å². The van der Waals surface area contributed by atoms with E-state index in [1.807, 2.05) is 12.1 Å². The first-order valence-electron chi connectivity index (χ1n) is 9.28. The average Bonchev–Trinajstić information content (AvgIpc) is 2.72. The second-order valence-electron chi connectivity index (χ2n) is 6.78. The summed E-state index contributed by atoms with van der Waals surface area (Å²) in [6.45, 7) is 3.47. The third kappa shape index (κ3) is 5.03. The zero-order chi connectivity index (χ0) is 20.1. The van der Waals surface area contributed by atoms with Gasteiger partial charge in [-0.15, -0.1) is 0 Å². The summed E-state index contributed by atoms with van der Waals surface area (Å²) in [5.41, 5.74) is 1.16. The highest BCUT2D eigenvalue weighted by Gasteiger charge is 2.24. The first-order chi connectivity index (χ1) is 13.5. The number of nitrogens with zero attached hydrogens (tertiary/aromatic N) is 1. The minimum Gasteiger partial charge on any atom is -0.497 e. The van der Waals surface area contributed by atoms with Crippen LogP contribution in [0.2, 0.25) is 10.0 Å². The molecule has 1 unspecified atom stereocenters. The van der Waals surface area contributed by atoms with E-state index in [0.29, 0.717) is 15.8 Å². The highest BCUT2D eigenvalue weighted by atomic mass is 35.5. The van der Waals surface area contributed by atoms with Gasteiger partial charge in [0.1, 0.15) is 16.5 Å². The van der Waals surface area contributed by atoms with E-state index in [1.165, 1.54) is 0 Å². The van der Waals surface area contributed by atoms with Gasteiger partial charge in [0.15, 0.2) is 6.10 Å². The van der Waals surface area contributed by atoms with Gasteiger partial charge in [-0.25, -0.2) is 0 Å². The van der Waals surface area contributed by atoms with Crippen LogP contribution in [0.4, 0.5) is 5.69 Å². The molecule has 1 fully saturated rings. The van der Waals surface area contributed by atoms with E-state index in [2.05, 4.69) is 22.3 Å². The van der Waals surface area contributed by atoms with E-state index in [9.17, 15) is 4.79 Å². The molecule has 3 rings (SSSR count). The minimum atomic E-state index is -0.657. The Kier molecular flexibility index (Phi) is 6.92. The van der Waals surface area contributed by atoms with E-state index >= 15 is 0 Å². The van der Waals surface area contributed by atoms with Crippen molar-refractivity contribution in [1.29, 1.82) is 0 Å². The molecule has 0 bridgehead atoms. The van der Waals surface area contributed by atoms with Gasteiger partial charge in [-0.3, -0.25) is 4.79 Å². The highest BCUT2D eigenvalue weighted by molar-refractivity contribution is 6.42.